The fraction of sp³-hybridized carbons (Fsp3) is 0.125. The number of aliphatic carboxylic acids is 1. The van der Waals surface area contributed by atoms with E-state index < -0.39 is 49.4 Å². The summed E-state index contributed by atoms with van der Waals surface area (Å²) >= 11 is 2.46. The Bertz CT molecular complexity index is 579. The summed E-state index contributed by atoms with van der Waals surface area (Å²) in [7, 11) is -4.69. The third-order valence-corrected chi connectivity index (χ3v) is 4.24. The molecule has 0 amide bonds. The van der Waals surface area contributed by atoms with E-state index in [1.54, 1.807) is 0 Å². The fourth-order valence-electron chi connectivity index (χ4n) is 1.02. The van der Waals surface area contributed by atoms with Gasteiger partial charge in [0.05, 0.1) is 4.47 Å². The molecule has 0 radical (unpaired) electrons. The molecule has 0 spiro atoms. The summed E-state index contributed by atoms with van der Waals surface area (Å²) < 4.78 is 63.0. The number of benzene rings is 1. The number of hydrogen-bond donors (Lipinski definition) is 2. The minimum Gasteiger partial charge on any atom is -0.480 e. The molecule has 0 unspecified atom stereocenters. The van der Waals surface area contributed by atoms with Gasteiger partial charge in [-0.3, -0.25) is 4.79 Å². The molecule has 0 aromatic heterocycles. The van der Waals surface area contributed by atoms with Crippen LogP contribution in [0.5, 0.6) is 0 Å². The SMILES string of the molecule is O=C(O)CNS(=O)(=O)c1c(F)c(F)cc(F)c1Br. The van der Waals surface area contributed by atoms with Gasteiger partial charge in [0.2, 0.25) is 10.0 Å². The Morgan fingerprint density at radius 1 is 1.33 bits per heavy atom. The Balaban J connectivity index is 3.36. The smallest absolute Gasteiger partial charge is 0.318 e. The van der Waals surface area contributed by atoms with Crippen molar-refractivity contribution < 1.29 is 31.5 Å². The van der Waals surface area contributed by atoms with Gasteiger partial charge < -0.3 is 5.11 Å². The first-order valence-electron chi connectivity index (χ1n) is 4.21. The van der Waals surface area contributed by atoms with Crippen molar-refractivity contribution in [2.24, 2.45) is 0 Å². The first-order valence-corrected chi connectivity index (χ1v) is 6.49. The Morgan fingerprint density at radius 3 is 2.39 bits per heavy atom. The number of hydrogen-bond acceptors (Lipinski definition) is 3. The summed E-state index contributed by atoms with van der Waals surface area (Å²) in [5.41, 5.74) is 0. The van der Waals surface area contributed by atoms with Gasteiger partial charge in [0.15, 0.2) is 11.6 Å². The van der Waals surface area contributed by atoms with Crippen molar-refractivity contribution in [2.75, 3.05) is 6.54 Å². The first kappa shape index (κ1) is 14.9. The molecule has 5 nitrogen and oxygen atoms in total. The molecule has 0 bridgehead atoms. The van der Waals surface area contributed by atoms with E-state index in [4.69, 9.17) is 5.11 Å². The fourth-order valence-corrected chi connectivity index (χ4v) is 3.07. The molecular weight excluding hydrogens is 343 g/mol. The molecule has 0 aliphatic rings. The Kier molecular flexibility index (Phi) is 4.35. The van der Waals surface area contributed by atoms with Crippen molar-refractivity contribution in [3.8, 4) is 0 Å². The predicted molar refractivity (Wildman–Crippen MR) is 56.8 cm³/mol. The topological polar surface area (TPSA) is 83.5 Å². The van der Waals surface area contributed by atoms with Crippen LogP contribution >= 0.6 is 15.9 Å². The molecule has 0 aliphatic heterocycles. The normalized spacial score (nSPS) is 11.6. The van der Waals surface area contributed by atoms with Crippen LogP contribution in [0.15, 0.2) is 15.4 Å². The van der Waals surface area contributed by atoms with Gasteiger partial charge in [-0.25, -0.2) is 21.6 Å². The van der Waals surface area contributed by atoms with Gasteiger partial charge in [0, 0.05) is 6.07 Å². The molecular formula is C8H5BrF3NO4S. The summed E-state index contributed by atoms with van der Waals surface area (Å²) in [6.07, 6.45) is 0. The van der Waals surface area contributed by atoms with Gasteiger partial charge in [-0.05, 0) is 15.9 Å². The lowest BCUT2D eigenvalue weighted by Crippen LogP contribution is -2.30. The van der Waals surface area contributed by atoms with E-state index in [9.17, 15) is 26.4 Å². The van der Waals surface area contributed by atoms with Crippen LogP contribution in [0.1, 0.15) is 0 Å². The van der Waals surface area contributed by atoms with Crippen molar-refractivity contribution in [2.45, 2.75) is 4.90 Å². The lowest BCUT2D eigenvalue weighted by molar-refractivity contribution is -0.135. The standard InChI is InChI=1S/C8H5BrF3NO4S/c9-6-3(10)1-4(11)7(12)8(6)18(16,17)13-2-5(14)15/h1,13H,2H2,(H,14,15). The summed E-state index contributed by atoms with van der Waals surface area (Å²) in [6.45, 7) is -1.05. The van der Waals surface area contributed by atoms with E-state index >= 15 is 0 Å². The minimum absolute atomic E-state index is 0.162. The zero-order valence-electron chi connectivity index (χ0n) is 8.38. The summed E-state index contributed by atoms with van der Waals surface area (Å²) in [5.74, 6) is -6.37. The Hall–Kier alpha value is -1.13. The van der Waals surface area contributed by atoms with Crippen molar-refractivity contribution in [3.63, 3.8) is 0 Å². The van der Waals surface area contributed by atoms with Crippen molar-refractivity contribution in [3.05, 3.63) is 28.0 Å². The summed E-state index contributed by atoms with van der Waals surface area (Å²) in [6, 6.07) is 0.162. The quantitative estimate of drug-likeness (QED) is 0.802. The minimum atomic E-state index is -4.69. The van der Waals surface area contributed by atoms with Crippen molar-refractivity contribution in [1.82, 2.24) is 4.72 Å². The molecule has 1 rings (SSSR count). The predicted octanol–water partition coefficient (Wildman–Crippen LogP) is 1.23. The molecule has 1 aromatic carbocycles. The van der Waals surface area contributed by atoms with Gasteiger partial charge in [-0.15, -0.1) is 0 Å². The van der Waals surface area contributed by atoms with Crippen LogP contribution in [-0.4, -0.2) is 26.0 Å². The highest BCUT2D eigenvalue weighted by atomic mass is 79.9. The number of nitrogens with one attached hydrogen (secondary N) is 1. The van der Waals surface area contributed by atoms with Crippen LogP contribution in [0.25, 0.3) is 0 Å². The van der Waals surface area contributed by atoms with E-state index in [1.807, 2.05) is 0 Å². The van der Waals surface area contributed by atoms with Crippen LogP contribution in [0.3, 0.4) is 0 Å². The molecule has 0 heterocycles. The molecule has 0 fully saturated rings. The molecule has 0 saturated heterocycles. The molecule has 0 saturated carbocycles. The van der Waals surface area contributed by atoms with Gasteiger partial charge in [0.1, 0.15) is 17.3 Å². The van der Waals surface area contributed by atoms with Gasteiger partial charge in [-0.2, -0.15) is 4.72 Å². The number of rotatable bonds is 4. The van der Waals surface area contributed by atoms with Crippen molar-refractivity contribution in [1.29, 1.82) is 0 Å². The van der Waals surface area contributed by atoms with Gasteiger partial charge >= 0.3 is 5.97 Å². The highest BCUT2D eigenvalue weighted by Gasteiger charge is 2.28. The van der Waals surface area contributed by atoms with Gasteiger partial charge in [-0.1, -0.05) is 0 Å². The first-order chi connectivity index (χ1) is 8.16. The van der Waals surface area contributed by atoms with E-state index in [1.165, 1.54) is 4.72 Å². The number of carboxylic acids is 1. The Labute approximate surface area is 108 Å². The van der Waals surface area contributed by atoms with Crippen LogP contribution < -0.4 is 4.72 Å². The second-order valence-corrected chi connectivity index (χ2v) is 5.51. The summed E-state index contributed by atoms with van der Waals surface area (Å²) in [4.78, 5) is 8.88. The molecule has 2 N–H and O–H groups in total. The molecule has 0 atom stereocenters. The average Bonchev–Trinajstić information content (AvgIpc) is 2.24. The lowest BCUT2D eigenvalue weighted by atomic mass is 10.3. The lowest BCUT2D eigenvalue weighted by Gasteiger charge is -2.09. The molecule has 100 valence electrons. The third kappa shape index (κ3) is 3.00. The largest absolute Gasteiger partial charge is 0.480 e. The Morgan fingerprint density at radius 2 is 1.89 bits per heavy atom. The second kappa shape index (κ2) is 5.24. The van der Waals surface area contributed by atoms with E-state index in [0.717, 1.165) is 0 Å². The molecule has 18 heavy (non-hydrogen) atoms. The number of carbonyl (C=O) groups is 1. The highest BCUT2D eigenvalue weighted by Crippen LogP contribution is 2.29. The molecule has 1 aromatic rings. The zero-order valence-corrected chi connectivity index (χ0v) is 10.8. The number of sulfonamides is 1. The van der Waals surface area contributed by atoms with Crippen LogP contribution in [0.2, 0.25) is 0 Å². The maximum absolute atomic E-state index is 13.3. The number of halogens is 4. The van der Waals surface area contributed by atoms with Gasteiger partial charge in [0.25, 0.3) is 0 Å². The van der Waals surface area contributed by atoms with Crippen LogP contribution in [0.4, 0.5) is 13.2 Å². The zero-order chi connectivity index (χ0) is 14.1. The third-order valence-electron chi connectivity index (χ3n) is 1.75. The van der Waals surface area contributed by atoms with Crippen LogP contribution in [-0.2, 0) is 14.8 Å². The highest BCUT2D eigenvalue weighted by molar-refractivity contribution is 9.10. The molecule has 0 aliphatic carbocycles. The van der Waals surface area contributed by atoms with E-state index in [0.29, 0.717) is 0 Å². The monoisotopic (exact) mass is 347 g/mol. The summed E-state index contributed by atoms with van der Waals surface area (Å²) in [5, 5.41) is 8.29. The van der Waals surface area contributed by atoms with E-state index in [2.05, 4.69) is 15.9 Å². The molecule has 10 heteroatoms. The van der Waals surface area contributed by atoms with Crippen LogP contribution in [0, 0.1) is 17.5 Å². The van der Waals surface area contributed by atoms with E-state index in [-0.39, 0.29) is 6.07 Å². The van der Waals surface area contributed by atoms with Crippen molar-refractivity contribution >= 4 is 31.9 Å². The average molecular weight is 348 g/mol. The maximum atomic E-state index is 13.3. The maximum Gasteiger partial charge on any atom is 0.318 e. The second-order valence-electron chi connectivity index (χ2n) is 3.02. The number of carboxylic acid groups (broad SMARTS) is 1.